The first-order valence-electron chi connectivity index (χ1n) is 8.31. The van der Waals surface area contributed by atoms with E-state index in [9.17, 15) is 0 Å². The number of ether oxygens (including phenoxy) is 1. The van der Waals surface area contributed by atoms with Crippen LogP contribution < -0.4 is 5.32 Å². The molecule has 0 saturated heterocycles. The van der Waals surface area contributed by atoms with Gasteiger partial charge in [-0.3, -0.25) is 0 Å². The quantitative estimate of drug-likeness (QED) is 0.814. The van der Waals surface area contributed by atoms with Gasteiger partial charge in [-0.15, -0.1) is 0 Å². The molecule has 1 aliphatic rings. The van der Waals surface area contributed by atoms with Crippen LogP contribution in [-0.2, 0) is 11.3 Å². The summed E-state index contributed by atoms with van der Waals surface area (Å²) in [5.41, 5.74) is 2.96. The number of nitrogens with one attached hydrogen (secondary N) is 1. The number of rotatable bonds is 5. The molecule has 0 heterocycles. The topological polar surface area (TPSA) is 21.3 Å². The molecule has 1 aliphatic carbocycles. The minimum absolute atomic E-state index is 0.476. The molecule has 2 rings (SSSR count). The summed E-state index contributed by atoms with van der Waals surface area (Å²) in [5.74, 6) is 1.72. The third kappa shape index (κ3) is 4.74. The fourth-order valence-corrected chi connectivity index (χ4v) is 3.46. The summed E-state index contributed by atoms with van der Waals surface area (Å²) in [5, 5.41) is 3.64. The maximum Gasteiger partial charge on any atom is 0.0733 e. The fourth-order valence-electron chi connectivity index (χ4n) is 3.46. The minimum atomic E-state index is 0.476. The van der Waals surface area contributed by atoms with Crippen molar-refractivity contribution < 1.29 is 4.74 Å². The molecular weight excluding hydrogens is 258 g/mol. The Morgan fingerprint density at radius 1 is 1.10 bits per heavy atom. The number of benzene rings is 1. The van der Waals surface area contributed by atoms with Gasteiger partial charge in [-0.25, -0.2) is 0 Å². The van der Waals surface area contributed by atoms with Gasteiger partial charge in [0.2, 0.25) is 0 Å². The van der Waals surface area contributed by atoms with Crippen LogP contribution in [0.2, 0.25) is 0 Å². The van der Waals surface area contributed by atoms with Gasteiger partial charge in [0, 0.05) is 24.9 Å². The van der Waals surface area contributed by atoms with Crippen molar-refractivity contribution in [3.63, 3.8) is 0 Å². The molecule has 118 valence electrons. The zero-order valence-electron chi connectivity index (χ0n) is 14.1. The average molecular weight is 289 g/mol. The second-order valence-corrected chi connectivity index (χ2v) is 7.55. The first-order valence-corrected chi connectivity index (χ1v) is 8.31. The van der Waals surface area contributed by atoms with Gasteiger partial charge < -0.3 is 10.1 Å². The number of para-hydroxylation sites is 1. The van der Waals surface area contributed by atoms with E-state index in [0.29, 0.717) is 12.0 Å². The number of methoxy groups -OCH3 is 1. The van der Waals surface area contributed by atoms with Crippen molar-refractivity contribution in [3.8, 4) is 0 Å². The van der Waals surface area contributed by atoms with Crippen molar-refractivity contribution in [1.82, 2.24) is 0 Å². The summed E-state index contributed by atoms with van der Waals surface area (Å²) < 4.78 is 5.27. The standard InChI is InChI=1S/C19H31NO/c1-19(2,3)17-11-9-15(10-12-17)13-20-18-8-6-5-7-16(18)14-21-4/h5-8,15,17,20H,9-14H2,1-4H3. The first kappa shape index (κ1) is 16.4. The number of anilines is 1. The van der Waals surface area contributed by atoms with Crippen molar-refractivity contribution in [2.24, 2.45) is 17.3 Å². The van der Waals surface area contributed by atoms with Crippen LogP contribution in [0.25, 0.3) is 0 Å². The van der Waals surface area contributed by atoms with Crippen LogP contribution in [0.5, 0.6) is 0 Å². The van der Waals surface area contributed by atoms with E-state index in [1.54, 1.807) is 7.11 Å². The third-order valence-corrected chi connectivity index (χ3v) is 4.97. The molecule has 0 aliphatic heterocycles. The van der Waals surface area contributed by atoms with E-state index < -0.39 is 0 Å². The molecular formula is C19H31NO. The molecule has 0 amide bonds. The van der Waals surface area contributed by atoms with Gasteiger partial charge in [-0.2, -0.15) is 0 Å². The first-order chi connectivity index (χ1) is 10.0. The Hall–Kier alpha value is -1.02. The molecule has 2 heteroatoms. The lowest BCUT2D eigenvalue weighted by Gasteiger charge is -2.37. The van der Waals surface area contributed by atoms with Gasteiger partial charge in [0.25, 0.3) is 0 Å². The molecule has 0 atom stereocenters. The van der Waals surface area contributed by atoms with Crippen LogP contribution >= 0.6 is 0 Å². The summed E-state index contributed by atoms with van der Waals surface area (Å²) in [4.78, 5) is 0. The van der Waals surface area contributed by atoms with Crippen LogP contribution in [0.3, 0.4) is 0 Å². The second-order valence-electron chi connectivity index (χ2n) is 7.55. The van der Waals surface area contributed by atoms with E-state index in [1.807, 2.05) is 0 Å². The van der Waals surface area contributed by atoms with Crippen molar-refractivity contribution in [3.05, 3.63) is 29.8 Å². The summed E-state index contributed by atoms with van der Waals surface area (Å²) >= 11 is 0. The summed E-state index contributed by atoms with van der Waals surface area (Å²) in [7, 11) is 1.75. The second kappa shape index (κ2) is 7.31. The highest BCUT2D eigenvalue weighted by atomic mass is 16.5. The van der Waals surface area contributed by atoms with Gasteiger partial charge in [0.1, 0.15) is 0 Å². The molecule has 0 radical (unpaired) electrons. The monoisotopic (exact) mass is 289 g/mol. The fraction of sp³-hybridized carbons (Fsp3) is 0.684. The third-order valence-electron chi connectivity index (χ3n) is 4.97. The SMILES string of the molecule is COCc1ccccc1NCC1CCC(C(C)(C)C)CC1. The van der Waals surface area contributed by atoms with Gasteiger partial charge >= 0.3 is 0 Å². The largest absolute Gasteiger partial charge is 0.384 e. The van der Waals surface area contributed by atoms with Crippen molar-refractivity contribution in [1.29, 1.82) is 0 Å². The Bertz CT molecular complexity index is 427. The van der Waals surface area contributed by atoms with Crippen LogP contribution in [0, 0.1) is 17.3 Å². The Labute approximate surface area is 130 Å². The van der Waals surface area contributed by atoms with E-state index in [1.165, 1.54) is 36.9 Å². The Kier molecular flexibility index (Phi) is 5.69. The summed E-state index contributed by atoms with van der Waals surface area (Å²) in [6.45, 7) is 8.93. The van der Waals surface area contributed by atoms with Crippen LogP contribution in [0.4, 0.5) is 5.69 Å². The van der Waals surface area contributed by atoms with Crippen LogP contribution in [0.15, 0.2) is 24.3 Å². The minimum Gasteiger partial charge on any atom is -0.384 e. The van der Waals surface area contributed by atoms with E-state index >= 15 is 0 Å². The van der Waals surface area contributed by atoms with Crippen molar-refractivity contribution in [2.75, 3.05) is 19.0 Å². The molecule has 2 nitrogen and oxygen atoms in total. The molecule has 0 spiro atoms. The molecule has 0 unspecified atom stereocenters. The van der Waals surface area contributed by atoms with E-state index in [0.717, 1.165) is 18.4 Å². The number of hydrogen-bond donors (Lipinski definition) is 1. The van der Waals surface area contributed by atoms with E-state index in [4.69, 9.17) is 4.74 Å². The maximum atomic E-state index is 5.27. The zero-order chi connectivity index (χ0) is 15.3. The molecule has 0 bridgehead atoms. The van der Waals surface area contributed by atoms with E-state index in [2.05, 4.69) is 50.4 Å². The summed E-state index contributed by atoms with van der Waals surface area (Å²) in [6, 6.07) is 8.48. The Morgan fingerprint density at radius 2 is 1.76 bits per heavy atom. The number of hydrogen-bond acceptors (Lipinski definition) is 2. The lowest BCUT2D eigenvalue weighted by molar-refractivity contribution is 0.153. The lowest BCUT2D eigenvalue weighted by Crippen LogP contribution is -2.28. The lowest BCUT2D eigenvalue weighted by atomic mass is 9.70. The van der Waals surface area contributed by atoms with Gasteiger partial charge in [0.05, 0.1) is 6.61 Å². The van der Waals surface area contributed by atoms with E-state index in [-0.39, 0.29) is 0 Å². The predicted molar refractivity (Wildman–Crippen MR) is 90.5 cm³/mol. The highest BCUT2D eigenvalue weighted by Gasteiger charge is 2.29. The van der Waals surface area contributed by atoms with Crippen LogP contribution in [0.1, 0.15) is 52.0 Å². The average Bonchev–Trinajstić information content (AvgIpc) is 2.46. The Morgan fingerprint density at radius 3 is 2.38 bits per heavy atom. The normalized spacial score (nSPS) is 23.0. The van der Waals surface area contributed by atoms with Gasteiger partial charge in [-0.05, 0) is 49.0 Å². The van der Waals surface area contributed by atoms with Crippen molar-refractivity contribution >= 4 is 5.69 Å². The highest BCUT2D eigenvalue weighted by molar-refractivity contribution is 5.50. The molecule has 1 fully saturated rings. The molecule has 1 N–H and O–H groups in total. The Balaban J connectivity index is 1.82. The van der Waals surface area contributed by atoms with Crippen LogP contribution in [-0.4, -0.2) is 13.7 Å². The van der Waals surface area contributed by atoms with Gasteiger partial charge in [-0.1, -0.05) is 39.0 Å². The molecule has 21 heavy (non-hydrogen) atoms. The smallest absolute Gasteiger partial charge is 0.0733 e. The molecule has 1 aromatic carbocycles. The highest BCUT2D eigenvalue weighted by Crippen LogP contribution is 2.39. The maximum absolute atomic E-state index is 5.27. The molecule has 1 saturated carbocycles. The van der Waals surface area contributed by atoms with Gasteiger partial charge in [0.15, 0.2) is 0 Å². The molecule has 1 aromatic rings. The zero-order valence-corrected chi connectivity index (χ0v) is 14.1. The summed E-state index contributed by atoms with van der Waals surface area (Å²) in [6.07, 6.45) is 5.49. The molecule has 0 aromatic heterocycles. The van der Waals surface area contributed by atoms with Crippen molar-refractivity contribution in [2.45, 2.75) is 53.1 Å². The predicted octanol–water partition coefficient (Wildman–Crippen LogP) is 5.10.